The minimum absolute atomic E-state index is 0.275. The van der Waals surface area contributed by atoms with Gasteiger partial charge in [-0.3, -0.25) is 4.79 Å². The number of ether oxygens (including phenoxy) is 2. The van der Waals surface area contributed by atoms with Gasteiger partial charge in [-0.2, -0.15) is 0 Å². The molecule has 0 saturated heterocycles. The van der Waals surface area contributed by atoms with Crippen LogP contribution in [-0.2, 0) is 0 Å². The Morgan fingerprint density at radius 3 is 2.52 bits per heavy atom. The van der Waals surface area contributed by atoms with Crippen molar-refractivity contribution in [2.75, 3.05) is 24.9 Å². The number of thiazole rings is 2. The van der Waals surface area contributed by atoms with Gasteiger partial charge < -0.3 is 20.1 Å². The molecule has 0 radical (unpaired) electrons. The van der Waals surface area contributed by atoms with Crippen LogP contribution in [0.1, 0.15) is 15.5 Å². The summed E-state index contributed by atoms with van der Waals surface area (Å²) in [6.07, 6.45) is 0. The lowest BCUT2D eigenvalue weighted by molar-refractivity contribution is 0.102. The van der Waals surface area contributed by atoms with Crippen LogP contribution < -0.4 is 20.1 Å². The SMILES string of the molecule is COc1ccc(Nc2nc(C(=O)Nc3cccc(-c4csc(C)n4)c3)cs2)cc1OC. The number of methoxy groups -OCH3 is 2. The van der Waals surface area contributed by atoms with E-state index in [-0.39, 0.29) is 5.91 Å². The summed E-state index contributed by atoms with van der Waals surface area (Å²) in [5, 5.41) is 11.4. The zero-order chi connectivity index (χ0) is 21.8. The van der Waals surface area contributed by atoms with Crippen molar-refractivity contribution in [2.45, 2.75) is 6.92 Å². The monoisotopic (exact) mass is 452 g/mol. The zero-order valence-corrected chi connectivity index (χ0v) is 18.8. The Balaban J connectivity index is 1.45. The van der Waals surface area contributed by atoms with Crippen molar-refractivity contribution in [1.82, 2.24) is 9.97 Å². The minimum Gasteiger partial charge on any atom is -0.493 e. The van der Waals surface area contributed by atoms with E-state index in [1.54, 1.807) is 37.0 Å². The zero-order valence-electron chi connectivity index (χ0n) is 17.1. The van der Waals surface area contributed by atoms with Crippen molar-refractivity contribution < 1.29 is 14.3 Å². The first-order valence-corrected chi connectivity index (χ1v) is 11.1. The van der Waals surface area contributed by atoms with Gasteiger partial charge in [0.25, 0.3) is 5.91 Å². The summed E-state index contributed by atoms with van der Waals surface area (Å²) in [5.41, 5.74) is 3.66. The lowest BCUT2D eigenvalue weighted by atomic mass is 10.1. The highest BCUT2D eigenvalue weighted by Crippen LogP contribution is 2.32. The van der Waals surface area contributed by atoms with Gasteiger partial charge in [-0.1, -0.05) is 12.1 Å². The van der Waals surface area contributed by atoms with E-state index < -0.39 is 0 Å². The van der Waals surface area contributed by atoms with Crippen LogP contribution in [0, 0.1) is 6.92 Å². The van der Waals surface area contributed by atoms with Crippen molar-refractivity contribution in [3.8, 4) is 22.8 Å². The van der Waals surface area contributed by atoms with Gasteiger partial charge in [0.05, 0.1) is 24.9 Å². The maximum absolute atomic E-state index is 12.7. The number of carbonyl (C=O) groups is 1. The van der Waals surface area contributed by atoms with Gasteiger partial charge in [0.1, 0.15) is 5.69 Å². The van der Waals surface area contributed by atoms with Crippen LogP contribution in [0.2, 0.25) is 0 Å². The summed E-state index contributed by atoms with van der Waals surface area (Å²) in [7, 11) is 3.17. The average Bonchev–Trinajstić information content (AvgIpc) is 3.43. The van der Waals surface area contributed by atoms with E-state index in [2.05, 4.69) is 20.6 Å². The second kappa shape index (κ2) is 9.15. The number of nitrogens with one attached hydrogen (secondary N) is 2. The predicted octanol–water partition coefficient (Wildman–Crippen LogP) is 5.59. The van der Waals surface area contributed by atoms with Gasteiger partial charge in [-0.05, 0) is 31.2 Å². The standard InChI is InChI=1S/C22H20N4O3S2/c1-13-23-17(11-30-13)14-5-4-6-15(9-14)24-21(27)18-12-31-22(26-18)25-16-7-8-19(28-2)20(10-16)29-3/h4-12H,1-3H3,(H,24,27)(H,25,26). The number of hydrogen-bond acceptors (Lipinski definition) is 8. The number of rotatable bonds is 7. The Kier molecular flexibility index (Phi) is 6.15. The molecule has 2 aromatic heterocycles. The Morgan fingerprint density at radius 1 is 0.935 bits per heavy atom. The number of aromatic nitrogens is 2. The molecule has 0 fully saturated rings. The van der Waals surface area contributed by atoms with Gasteiger partial charge in [0.15, 0.2) is 16.6 Å². The summed E-state index contributed by atoms with van der Waals surface area (Å²) >= 11 is 2.94. The summed E-state index contributed by atoms with van der Waals surface area (Å²) < 4.78 is 10.6. The first kappa shape index (κ1) is 20.8. The molecule has 1 amide bonds. The molecule has 0 spiro atoms. The number of benzene rings is 2. The van der Waals surface area contributed by atoms with Crippen LogP contribution in [0.25, 0.3) is 11.3 Å². The van der Waals surface area contributed by atoms with E-state index >= 15 is 0 Å². The lowest BCUT2D eigenvalue weighted by Crippen LogP contribution is -2.12. The van der Waals surface area contributed by atoms with E-state index in [1.807, 2.05) is 48.7 Å². The number of amides is 1. The Bertz CT molecular complexity index is 1220. The normalized spacial score (nSPS) is 10.5. The van der Waals surface area contributed by atoms with E-state index in [0.29, 0.717) is 28.0 Å². The molecule has 0 unspecified atom stereocenters. The molecule has 2 heterocycles. The highest BCUT2D eigenvalue weighted by molar-refractivity contribution is 7.14. The molecular weight excluding hydrogens is 432 g/mol. The number of nitrogens with zero attached hydrogens (tertiary/aromatic N) is 2. The molecule has 0 bridgehead atoms. The van der Waals surface area contributed by atoms with Crippen LogP contribution in [0.4, 0.5) is 16.5 Å². The second-order valence-electron chi connectivity index (χ2n) is 6.52. The molecule has 0 saturated carbocycles. The molecule has 0 aliphatic heterocycles. The summed E-state index contributed by atoms with van der Waals surface area (Å²) in [6.45, 7) is 1.97. The van der Waals surface area contributed by atoms with E-state index in [0.717, 1.165) is 22.0 Å². The first-order valence-electron chi connectivity index (χ1n) is 9.34. The van der Waals surface area contributed by atoms with Gasteiger partial charge >= 0.3 is 0 Å². The molecule has 0 atom stereocenters. The smallest absolute Gasteiger partial charge is 0.275 e. The molecular formula is C22H20N4O3S2. The average molecular weight is 453 g/mol. The molecule has 158 valence electrons. The predicted molar refractivity (Wildman–Crippen MR) is 125 cm³/mol. The maximum atomic E-state index is 12.7. The molecule has 0 aliphatic carbocycles. The Hall–Kier alpha value is -3.43. The van der Waals surface area contributed by atoms with Crippen LogP contribution >= 0.6 is 22.7 Å². The molecule has 2 N–H and O–H groups in total. The van der Waals surface area contributed by atoms with Crippen molar-refractivity contribution in [3.05, 3.63) is 63.9 Å². The third-order valence-electron chi connectivity index (χ3n) is 4.41. The van der Waals surface area contributed by atoms with Gasteiger partial charge in [0, 0.05) is 33.8 Å². The summed E-state index contributed by atoms with van der Waals surface area (Å²) in [6, 6.07) is 13.1. The molecule has 9 heteroatoms. The molecule has 2 aromatic carbocycles. The molecule has 7 nitrogen and oxygen atoms in total. The van der Waals surface area contributed by atoms with Crippen molar-refractivity contribution in [3.63, 3.8) is 0 Å². The molecule has 31 heavy (non-hydrogen) atoms. The molecule has 4 aromatic rings. The fourth-order valence-electron chi connectivity index (χ4n) is 2.92. The van der Waals surface area contributed by atoms with Crippen molar-refractivity contribution in [1.29, 1.82) is 0 Å². The van der Waals surface area contributed by atoms with E-state index in [9.17, 15) is 4.79 Å². The Morgan fingerprint density at radius 2 is 1.77 bits per heavy atom. The van der Waals surface area contributed by atoms with Crippen molar-refractivity contribution in [2.24, 2.45) is 0 Å². The van der Waals surface area contributed by atoms with Crippen LogP contribution in [0.5, 0.6) is 11.5 Å². The van der Waals surface area contributed by atoms with Gasteiger partial charge in [-0.15, -0.1) is 22.7 Å². The fraction of sp³-hybridized carbons (Fsp3) is 0.136. The van der Waals surface area contributed by atoms with Gasteiger partial charge in [-0.25, -0.2) is 9.97 Å². The minimum atomic E-state index is -0.275. The topological polar surface area (TPSA) is 85.4 Å². The van der Waals surface area contributed by atoms with Gasteiger partial charge in [0.2, 0.25) is 0 Å². The van der Waals surface area contributed by atoms with Crippen LogP contribution in [0.3, 0.4) is 0 Å². The molecule has 0 aliphatic rings. The number of aryl methyl sites for hydroxylation is 1. The number of hydrogen-bond donors (Lipinski definition) is 2. The van der Waals surface area contributed by atoms with E-state index in [4.69, 9.17) is 9.47 Å². The van der Waals surface area contributed by atoms with E-state index in [1.165, 1.54) is 11.3 Å². The fourth-order valence-corrected chi connectivity index (χ4v) is 4.25. The summed E-state index contributed by atoms with van der Waals surface area (Å²) in [4.78, 5) is 21.6. The quantitative estimate of drug-likeness (QED) is 0.380. The highest BCUT2D eigenvalue weighted by Gasteiger charge is 2.13. The summed E-state index contributed by atoms with van der Waals surface area (Å²) in [5.74, 6) is 0.975. The maximum Gasteiger partial charge on any atom is 0.275 e. The first-order chi connectivity index (χ1) is 15.1. The largest absolute Gasteiger partial charge is 0.493 e. The number of anilines is 3. The molecule has 4 rings (SSSR count). The van der Waals surface area contributed by atoms with Crippen LogP contribution in [-0.4, -0.2) is 30.1 Å². The third kappa shape index (κ3) is 4.84. The van der Waals surface area contributed by atoms with Crippen molar-refractivity contribution >= 4 is 45.1 Å². The second-order valence-corrected chi connectivity index (χ2v) is 8.44. The Labute approximate surface area is 187 Å². The highest BCUT2D eigenvalue weighted by atomic mass is 32.1. The van der Waals surface area contributed by atoms with Crippen LogP contribution in [0.15, 0.2) is 53.2 Å². The lowest BCUT2D eigenvalue weighted by Gasteiger charge is -2.09. The number of carbonyl (C=O) groups excluding carboxylic acids is 1. The third-order valence-corrected chi connectivity index (χ3v) is 5.94.